The fraction of sp³-hybridized carbons (Fsp3) is 0.429. The van der Waals surface area contributed by atoms with Crippen LogP contribution in [0.25, 0.3) is 0 Å². The van der Waals surface area contributed by atoms with E-state index in [0.29, 0.717) is 13.0 Å². The number of benzene rings is 1. The van der Waals surface area contributed by atoms with Crippen molar-refractivity contribution in [2.24, 2.45) is 0 Å². The summed E-state index contributed by atoms with van der Waals surface area (Å²) in [4.78, 5) is 27.0. The van der Waals surface area contributed by atoms with E-state index in [0.717, 1.165) is 25.3 Å². The molecule has 1 heterocycles. The highest BCUT2D eigenvalue weighted by molar-refractivity contribution is 7.98. The third-order valence-electron chi connectivity index (χ3n) is 4.38. The van der Waals surface area contributed by atoms with Gasteiger partial charge in [-0.1, -0.05) is 18.2 Å². The summed E-state index contributed by atoms with van der Waals surface area (Å²) >= 11 is 1.64. The summed E-state index contributed by atoms with van der Waals surface area (Å²) in [5, 5.41) is 5.73. The van der Waals surface area contributed by atoms with E-state index in [9.17, 15) is 9.59 Å². The van der Waals surface area contributed by atoms with Gasteiger partial charge in [0.25, 0.3) is 5.91 Å². The molecule has 1 aromatic heterocycles. The van der Waals surface area contributed by atoms with E-state index in [1.54, 1.807) is 23.9 Å². The maximum absolute atomic E-state index is 12.6. The van der Waals surface area contributed by atoms with Crippen LogP contribution in [0.2, 0.25) is 0 Å². The first-order valence-electron chi connectivity index (χ1n) is 9.56. The Labute approximate surface area is 171 Å². The molecule has 0 aliphatic carbocycles. The lowest BCUT2D eigenvalue weighted by Crippen LogP contribution is -2.47. The van der Waals surface area contributed by atoms with Gasteiger partial charge in [-0.05, 0) is 56.0 Å². The maximum atomic E-state index is 12.6. The van der Waals surface area contributed by atoms with Crippen LogP contribution < -0.4 is 15.5 Å². The zero-order chi connectivity index (χ0) is 20.2. The normalized spacial score (nSPS) is 11.6. The Balaban J connectivity index is 1.81. The van der Waals surface area contributed by atoms with Crippen LogP contribution in [-0.2, 0) is 4.79 Å². The van der Waals surface area contributed by atoms with Gasteiger partial charge < -0.3 is 20.0 Å². The van der Waals surface area contributed by atoms with Gasteiger partial charge in [-0.3, -0.25) is 9.59 Å². The van der Waals surface area contributed by atoms with Gasteiger partial charge in [0.2, 0.25) is 5.91 Å². The molecule has 0 fully saturated rings. The number of rotatable bonds is 12. The highest BCUT2D eigenvalue weighted by Gasteiger charge is 2.21. The maximum Gasteiger partial charge on any atom is 0.287 e. The zero-order valence-corrected chi connectivity index (χ0v) is 17.3. The molecule has 2 rings (SSSR count). The van der Waals surface area contributed by atoms with Crippen molar-refractivity contribution in [3.05, 3.63) is 54.5 Å². The standard InChI is InChI=1S/C21H29N3O3S/c1-3-24(17-9-5-4-6-10-17)14-8-13-22-20(25)18(12-16-28-2)23-21(26)19-11-7-15-27-19/h4-7,9-11,15,18H,3,8,12-14,16H2,1-2H3,(H,22,25)(H,23,26). The van der Waals surface area contributed by atoms with Crippen molar-refractivity contribution in [2.75, 3.05) is 36.5 Å². The summed E-state index contributed by atoms with van der Waals surface area (Å²) in [5.41, 5.74) is 1.18. The number of amides is 2. The van der Waals surface area contributed by atoms with E-state index < -0.39 is 6.04 Å². The van der Waals surface area contributed by atoms with Crippen molar-refractivity contribution < 1.29 is 14.0 Å². The summed E-state index contributed by atoms with van der Waals surface area (Å²) in [7, 11) is 0. The molecule has 7 heteroatoms. The Morgan fingerprint density at radius 2 is 1.96 bits per heavy atom. The van der Waals surface area contributed by atoms with Crippen molar-refractivity contribution in [1.29, 1.82) is 0 Å². The summed E-state index contributed by atoms with van der Waals surface area (Å²) in [5.74, 6) is 0.473. The predicted molar refractivity (Wildman–Crippen MR) is 115 cm³/mol. The summed E-state index contributed by atoms with van der Waals surface area (Å²) in [6.45, 7) is 4.45. The molecule has 6 nitrogen and oxygen atoms in total. The molecular formula is C21H29N3O3S. The van der Waals surface area contributed by atoms with E-state index in [2.05, 4.69) is 34.6 Å². The second-order valence-corrected chi connectivity index (χ2v) is 7.33. The third-order valence-corrected chi connectivity index (χ3v) is 5.03. The summed E-state index contributed by atoms with van der Waals surface area (Å²) in [6, 6.07) is 12.9. The van der Waals surface area contributed by atoms with Gasteiger partial charge in [-0.2, -0.15) is 11.8 Å². The van der Waals surface area contributed by atoms with Gasteiger partial charge in [-0.15, -0.1) is 0 Å². The van der Waals surface area contributed by atoms with Gasteiger partial charge >= 0.3 is 0 Å². The second-order valence-electron chi connectivity index (χ2n) is 6.34. The number of furan rings is 1. The number of hydrogen-bond donors (Lipinski definition) is 2. The minimum absolute atomic E-state index is 0.156. The zero-order valence-electron chi connectivity index (χ0n) is 16.5. The van der Waals surface area contributed by atoms with Gasteiger partial charge in [0.15, 0.2) is 5.76 Å². The van der Waals surface area contributed by atoms with E-state index in [1.165, 1.54) is 12.0 Å². The van der Waals surface area contributed by atoms with Crippen LogP contribution in [0.5, 0.6) is 0 Å². The quantitative estimate of drug-likeness (QED) is 0.533. The first kappa shape index (κ1) is 21.9. The Hall–Kier alpha value is -2.41. The first-order valence-corrected chi connectivity index (χ1v) is 11.0. The number of nitrogens with zero attached hydrogens (tertiary/aromatic N) is 1. The number of para-hydroxylation sites is 1. The average Bonchev–Trinajstić information content (AvgIpc) is 3.26. The highest BCUT2D eigenvalue weighted by Crippen LogP contribution is 2.12. The van der Waals surface area contributed by atoms with Crippen LogP contribution in [0.4, 0.5) is 5.69 Å². The SMILES string of the molecule is CCN(CCCNC(=O)C(CCSC)NC(=O)c1ccco1)c1ccccc1. The van der Waals surface area contributed by atoms with Crippen LogP contribution in [-0.4, -0.2) is 49.5 Å². The minimum atomic E-state index is -0.568. The number of nitrogens with one attached hydrogen (secondary N) is 2. The fourth-order valence-electron chi connectivity index (χ4n) is 2.85. The number of thioether (sulfide) groups is 1. The molecule has 0 spiro atoms. The van der Waals surface area contributed by atoms with Crippen molar-refractivity contribution in [1.82, 2.24) is 10.6 Å². The molecule has 0 aliphatic rings. The number of anilines is 1. The second kappa shape index (κ2) is 12.1. The molecule has 152 valence electrons. The molecule has 2 N–H and O–H groups in total. The molecule has 2 aromatic rings. The van der Waals surface area contributed by atoms with Crippen molar-refractivity contribution in [2.45, 2.75) is 25.8 Å². The molecule has 1 unspecified atom stereocenters. The molecule has 0 aliphatic heterocycles. The van der Waals surface area contributed by atoms with Crippen LogP contribution >= 0.6 is 11.8 Å². The van der Waals surface area contributed by atoms with E-state index in [-0.39, 0.29) is 17.6 Å². The number of carbonyl (C=O) groups excluding carboxylic acids is 2. The highest BCUT2D eigenvalue weighted by atomic mass is 32.2. The van der Waals surface area contributed by atoms with Gasteiger partial charge in [0, 0.05) is 25.3 Å². The van der Waals surface area contributed by atoms with Crippen LogP contribution in [0.1, 0.15) is 30.3 Å². The Bertz CT molecular complexity index is 707. The van der Waals surface area contributed by atoms with Crippen molar-refractivity contribution in [3.63, 3.8) is 0 Å². The third kappa shape index (κ3) is 6.96. The lowest BCUT2D eigenvalue weighted by atomic mass is 10.2. The Morgan fingerprint density at radius 1 is 1.18 bits per heavy atom. The number of hydrogen-bond acceptors (Lipinski definition) is 5. The van der Waals surface area contributed by atoms with E-state index >= 15 is 0 Å². The molecular weight excluding hydrogens is 374 g/mol. The predicted octanol–water partition coefficient (Wildman–Crippen LogP) is 3.16. The van der Waals surface area contributed by atoms with Crippen LogP contribution in [0.15, 0.2) is 53.1 Å². The topological polar surface area (TPSA) is 74.6 Å². The van der Waals surface area contributed by atoms with E-state index in [4.69, 9.17) is 4.42 Å². The molecule has 0 bridgehead atoms. The lowest BCUT2D eigenvalue weighted by Gasteiger charge is -2.23. The molecule has 1 atom stereocenters. The molecule has 1 aromatic carbocycles. The van der Waals surface area contributed by atoms with Crippen LogP contribution in [0, 0.1) is 0 Å². The molecule has 0 radical (unpaired) electrons. The van der Waals surface area contributed by atoms with Crippen LogP contribution in [0.3, 0.4) is 0 Å². The molecule has 28 heavy (non-hydrogen) atoms. The Morgan fingerprint density at radius 3 is 2.61 bits per heavy atom. The number of carbonyl (C=O) groups is 2. The molecule has 2 amide bonds. The van der Waals surface area contributed by atoms with Gasteiger partial charge in [0.1, 0.15) is 6.04 Å². The van der Waals surface area contributed by atoms with E-state index in [1.807, 2.05) is 24.5 Å². The molecule has 0 saturated carbocycles. The van der Waals surface area contributed by atoms with Crippen molar-refractivity contribution >= 4 is 29.3 Å². The Kier molecular flexibility index (Phi) is 9.48. The van der Waals surface area contributed by atoms with Gasteiger partial charge in [0.05, 0.1) is 6.26 Å². The monoisotopic (exact) mass is 403 g/mol. The first-order chi connectivity index (χ1) is 13.7. The summed E-state index contributed by atoms with van der Waals surface area (Å²) < 4.78 is 5.11. The smallest absolute Gasteiger partial charge is 0.287 e. The summed E-state index contributed by atoms with van der Waals surface area (Å²) in [6.07, 6.45) is 4.82. The largest absolute Gasteiger partial charge is 0.459 e. The minimum Gasteiger partial charge on any atom is -0.459 e. The van der Waals surface area contributed by atoms with Gasteiger partial charge in [-0.25, -0.2) is 0 Å². The van der Waals surface area contributed by atoms with Crippen molar-refractivity contribution in [3.8, 4) is 0 Å². The average molecular weight is 404 g/mol. The lowest BCUT2D eigenvalue weighted by molar-refractivity contribution is -0.123. The fourth-order valence-corrected chi connectivity index (χ4v) is 3.33. The molecule has 0 saturated heterocycles.